The van der Waals surface area contributed by atoms with E-state index in [1.54, 1.807) is 86.8 Å². The molecule has 39 heteroatoms. The largest absolute Gasteiger partial charge is 0.508 e. The molecule has 0 radical (unpaired) electrons. The van der Waals surface area contributed by atoms with E-state index >= 15 is 14.4 Å². The molecule has 4 bridgehead atoms. The third kappa shape index (κ3) is 27.2. The van der Waals surface area contributed by atoms with E-state index in [1.807, 2.05) is 39.0 Å². The number of nitrogens with zero attached hydrogens (tertiary/aromatic N) is 2. The summed E-state index contributed by atoms with van der Waals surface area (Å²) in [7, 11) is 10.0. The molecule has 0 spiro atoms. The van der Waals surface area contributed by atoms with Crippen molar-refractivity contribution in [2.75, 3.05) is 57.0 Å². The van der Waals surface area contributed by atoms with Crippen LogP contribution in [0.1, 0.15) is 116 Å². The van der Waals surface area contributed by atoms with Crippen LogP contribution in [0, 0.1) is 5.92 Å². The maximum Gasteiger partial charge on any atom is 0.409 e. The third-order valence-corrected chi connectivity index (χ3v) is 28.6. The predicted octanol–water partition coefficient (Wildman–Crippen LogP) is 4.48. The Morgan fingerprint density at radius 3 is 2.20 bits per heavy atom. The van der Waals surface area contributed by atoms with E-state index in [2.05, 4.69) is 47.5 Å². The van der Waals surface area contributed by atoms with E-state index in [9.17, 15) is 58.5 Å². The zero-order valence-electron chi connectivity index (χ0n) is 71.7. The first-order chi connectivity index (χ1) is 59.2. The molecule has 4 aliphatic rings. The lowest BCUT2D eigenvalue weighted by atomic mass is 9.83. The molecular formula is C86H115ClN14O20S4. The molecule has 1 aromatic heterocycles. The van der Waals surface area contributed by atoms with Gasteiger partial charge in [0.2, 0.25) is 59.1 Å². The minimum atomic E-state index is -1.95. The van der Waals surface area contributed by atoms with Crippen LogP contribution in [0.25, 0.3) is 10.9 Å². The number of hydrogen-bond acceptors (Lipinski definition) is 26. The Morgan fingerprint density at radius 1 is 0.856 bits per heavy atom. The number of esters is 1. The van der Waals surface area contributed by atoms with Gasteiger partial charge < -0.3 is 108 Å². The summed E-state index contributed by atoms with van der Waals surface area (Å²) in [6.45, 7) is 11.8. The lowest BCUT2D eigenvalue weighted by molar-refractivity contribution is -0.162. The summed E-state index contributed by atoms with van der Waals surface area (Å²) in [6.07, 6.45) is 0.0829. The number of unbranched alkanes of at least 4 members (excludes halogenated alkanes) is 1. The van der Waals surface area contributed by atoms with Gasteiger partial charge in [-0.15, -0.1) is 0 Å². The van der Waals surface area contributed by atoms with E-state index in [1.165, 1.54) is 87.0 Å². The second kappa shape index (κ2) is 45.2. The topological polar surface area (TPSA) is 512 Å². The summed E-state index contributed by atoms with van der Waals surface area (Å²) in [6, 6.07) is 12.2. The van der Waals surface area contributed by atoms with Crippen molar-refractivity contribution in [3.05, 3.63) is 148 Å². The molecule has 17 atom stereocenters. The fraction of sp³-hybridized carbons (Fsp3) is 0.512. The molecule has 34 nitrogen and oxygen atoms in total. The number of anilines is 1. The van der Waals surface area contributed by atoms with Crippen molar-refractivity contribution in [3.8, 4) is 11.5 Å². The number of likely N-dealkylation sites (N-methyl/N-ethyl adjacent to an activating group) is 1. The SMILES string of the molecule is COc1cc2cc(c1Cl)N(C)C(=O)C[C@H](OC(=O)[C@H](C)N(C)C(=O)CCC(C)(C)SSC[C@H](NC(=O)[C@@H]1CSSC[C@H](NC(=O)[C@H](N)Cc3ccccc3)C(=O)N[C@@H](Cc3ccc(O)cc3)C(=O)N[C@H](Cc3c[nH]c4ccccc34)C(=O)N[C@@H](CCCCN)C(=O)N[C@@H]([C@@H](C)O)C(=O)N1)C(N)=O)[C@@]1(C)O[C@H]1[C@H](C)[C@@H]1C[C@@](O)(NC(=O)O1)[C@H](OC)/C=C/C=C(\C)C2. The molecule has 680 valence electrons. The molecule has 0 unspecified atom stereocenters. The highest BCUT2D eigenvalue weighted by atomic mass is 35.5. The lowest BCUT2D eigenvalue weighted by Crippen LogP contribution is -2.63. The van der Waals surface area contributed by atoms with Gasteiger partial charge in [-0.05, 0) is 139 Å². The number of aliphatic hydroxyl groups is 2. The summed E-state index contributed by atoms with van der Waals surface area (Å²) in [5.41, 5.74) is 19.4. The molecular weight excluding hydrogens is 1710 g/mol. The Morgan fingerprint density at radius 2 is 1.52 bits per heavy atom. The number of rotatable bonds is 28. The molecule has 9 rings (SSSR count). The molecule has 4 aliphatic heterocycles. The fourth-order valence-corrected chi connectivity index (χ4v) is 20.1. The number of phenolic OH excluding ortho intramolecular Hbond substituents is 1. The number of phenols is 1. The van der Waals surface area contributed by atoms with Crippen LogP contribution >= 0.6 is 54.8 Å². The van der Waals surface area contributed by atoms with Gasteiger partial charge in [0.15, 0.2) is 5.72 Å². The van der Waals surface area contributed by atoms with E-state index in [0.29, 0.717) is 46.1 Å². The number of allylic oxidation sites excluding steroid dienone is 3. The van der Waals surface area contributed by atoms with Gasteiger partial charge in [0, 0.05) is 91.9 Å². The van der Waals surface area contributed by atoms with E-state index in [4.69, 9.17) is 52.5 Å². The Labute approximate surface area is 746 Å². The number of hydrogen-bond donors (Lipinski definition) is 15. The van der Waals surface area contributed by atoms with Crippen LogP contribution in [-0.4, -0.2) is 249 Å². The number of nitrogens with two attached hydrogens (primary N) is 3. The smallest absolute Gasteiger partial charge is 0.409 e. The number of fused-ring (bicyclic) bond motifs is 6. The summed E-state index contributed by atoms with van der Waals surface area (Å²) >= 11 is 6.91. The Kier molecular flexibility index (Phi) is 35.9. The van der Waals surface area contributed by atoms with Gasteiger partial charge in [0.25, 0.3) is 0 Å². The second-order valence-corrected chi connectivity index (χ2v) is 38.6. The number of aliphatic hydroxyl groups excluding tert-OH is 1. The number of amides is 11. The highest BCUT2D eigenvalue weighted by Crippen LogP contribution is 2.50. The van der Waals surface area contributed by atoms with Crippen molar-refractivity contribution in [2.24, 2.45) is 23.1 Å². The first-order valence-electron chi connectivity index (χ1n) is 41.1. The summed E-state index contributed by atoms with van der Waals surface area (Å²) in [5, 5.41) is 55.9. The molecule has 125 heavy (non-hydrogen) atoms. The molecule has 18 N–H and O–H groups in total. The highest BCUT2D eigenvalue weighted by Gasteiger charge is 2.65. The van der Waals surface area contributed by atoms with Gasteiger partial charge in [-0.3, -0.25) is 53.3 Å². The monoisotopic (exact) mass is 1830 g/mol. The first kappa shape index (κ1) is 99.2. The number of methoxy groups -OCH3 is 2. The van der Waals surface area contributed by atoms with Gasteiger partial charge in [0.05, 0.1) is 37.5 Å². The Bertz CT molecular complexity index is 4740. The van der Waals surface area contributed by atoms with Crippen LogP contribution in [0.3, 0.4) is 0 Å². The normalized spacial score (nSPS) is 26.3. The number of aromatic hydroxyl groups is 1. The van der Waals surface area contributed by atoms with Crippen molar-refractivity contribution < 1.29 is 96.5 Å². The number of carbonyl (C=O) groups is 12. The highest BCUT2D eigenvalue weighted by molar-refractivity contribution is 8.77. The van der Waals surface area contributed by atoms with Gasteiger partial charge >= 0.3 is 12.1 Å². The quantitative estimate of drug-likeness (QED) is 0.0142. The number of ether oxygens (including phenoxy) is 5. The first-order valence-corrected chi connectivity index (χ1v) is 46.3. The molecule has 0 aliphatic carbocycles. The van der Waals surface area contributed by atoms with Crippen LogP contribution in [0.15, 0.2) is 121 Å². The number of alkyl carbamates (subject to hydrolysis) is 1. The standard InChI is InChI=1S/C86H115ClN14O20S4/c1-46-20-19-26-67(118-11)86(116)41-66(119-83(115)99-86)47(2)73-85(7,121-73)68(40-70(105)101(9)64-37-52(34-46)38-65(117-10)71(64)87)120-82(114)48(3)100(8)69(104)31-32-84(5,6)125-124-43-61(74(90)106)95-80(112)63-45-123-122-44-62(96-75(107)56(89)35-50-21-13-12-14-22-50)79(111)93-59(36-51-27-29-54(103)30-28-51)77(109)94-60(39-53-42-91-57-24-16-15-23-55(53)57)78(110)92-58(25-17-18-33-88)76(108)98-72(49(4)102)81(113)97-63/h12-16,19-24,26-30,37-38,42,47-49,56,58-63,66-68,72-73,91,102-103,116H,17-18,25,31-36,39-41,43-45,88-89H2,1-11H3,(H2,90,106)(H,92,110)(H,93,111)(H,94,109)(H,95,112)(H,96,107)(H,97,113)(H,98,108)(H,99,115)/b26-19+,46-20+/t47-,48+,49-,56-,58+,59+,60-,61+,62+,63+,66+,67-,68+,72+,73+,85-,86+/m1/s1. The molecule has 4 aromatic carbocycles. The number of benzene rings is 4. The van der Waals surface area contributed by atoms with Crippen molar-refractivity contribution >= 4 is 143 Å². The summed E-state index contributed by atoms with van der Waals surface area (Å²) < 4.78 is 29.0. The number of para-hydroxylation sites is 1. The van der Waals surface area contributed by atoms with Crippen LogP contribution in [0.5, 0.6) is 11.5 Å². The Hall–Kier alpha value is -9.61. The number of H-pyrrole nitrogens is 1. The average Bonchev–Trinajstić information content (AvgIpc) is 1.57. The fourth-order valence-electron chi connectivity index (χ4n) is 14.7. The van der Waals surface area contributed by atoms with Crippen LogP contribution in [-0.2, 0) is 97.4 Å². The second-order valence-electron chi connectivity index (χ2n) is 32.6. The lowest BCUT2D eigenvalue weighted by Gasteiger charge is -2.42. The maximum atomic E-state index is 15.1. The number of aromatic nitrogens is 1. The predicted molar refractivity (Wildman–Crippen MR) is 478 cm³/mol. The average molecular weight is 1830 g/mol. The van der Waals surface area contributed by atoms with Crippen LogP contribution in [0.2, 0.25) is 5.02 Å². The number of nitrogens with one attached hydrogen (secondary N) is 9. The number of epoxide rings is 1. The molecule has 3 fully saturated rings. The molecule has 5 heterocycles. The molecule has 5 aromatic rings. The van der Waals surface area contributed by atoms with E-state index < -0.39 is 184 Å². The van der Waals surface area contributed by atoms with Crippen LogP contribution < -0.4 is 69.4 Å². The van der Waals surface area contributed by atoms with Gasteiger partial charge in [-0.2, -0.15) is 0 Å². The molecule has 3 saturated heterocycles. The maximum absolute atomic E-state index is 15.1. The van der Waals surface area contributed by atoms with Crippen molar-refractivity contribution in [1.82, 2.24) is 52.4 Å². The third-order valence-electron chi connectivity index (χ3n) is 22.5. The minimum absolute atomic E-state index is 0.0552. The zero-order valence-corrected chi connectivity index (χ0v) is 75.7. The summed E-state index contributed by atoms with van der Waals surface area (Å²) in [5.74, 6) is -10.6. The van der Waals surface area contributed by atoms with Gasteiger partial charge in [0.1, 0.15) is 88.8 Å². The molecule has 11 amide bonds. The van der Waals surface area contributed by atoms with E-state index in [0.717, 1.165) is 43.5 Å². The Balaban J connectivity index is 0.911. The number of aromatic amines is 1. The van der Waals surface area contributed by atoms with Crippen molar-refractivity contribution in [3.63, 3.8) is 0 Å². The van der Waals surface area contributed by atoms with Crippen molar-refractivity contribution in [1.29, 1.82) is 0 Å². The molecule has 0 saturated carbocycles. The van der Waals surface area contributed by atoms with Crippen LogP contribution in [0.4, 0.5) is 10.5 Å². The number of carbonyl (C=O) groups excluding carboxylic acids is 12. The van der Waals surface area contributed by atoms with Gasteiger partial charge in [-0.25, -0.2) is 9.59 Å². The minimum Gasteiger partial charge on any atom is -0.508 e. The van der Waals surface area contributed by atoms with E-state index in [-0.39, 0.29) is 91.7 Å². The van der Waals surface area contributed by atoms with Gasteiger partial charge in [-0.1, -0.05) is 146 Å². The number of primary amides is 1. The summed E-state index contributed by atoms with van der Waals surface area (Å²) in [4.78, 5) is 179. The zero-order chi connectivity index (χ0) is 91.4. The van der Waals surface area contributed by atoms with Crippen molar-refractivity contribution in [2.45, 2.75) is 220 Å². The number of halogens is 1.